The number of amides is 1. The minimum Gasteiger partial charge on any atom is -0.379 e. The highest BCUT2D eigenvalue weighted by Gasteiger charge is 2.12. The number of guanidine groups is 1. The van der Waals surface area contributed by atoms with Crippen LogP contribution in [0.3, 0.4) is 0 Å². The second-order valence-corrected chi connectivity index (χ2v) is 7.08. The molecule has 0 atom stereocenters. The van der Waals surface area contributed by atoms with Crippen molar-refractivity contribution in [1.82, 2.24) is 10.2 Å². The molecule has 3 rings (SSSR count). The number of anilines is 1. The summed E-state index contributed by atoms with van der Waals surface area (Å²) in [5, 5.41) is 6.66. The summed E-state index contributed by atoms with van der Waals surface area (Å²) in [7, 11) is 0. The van der Waals surface area contributed by atoms with Gasteiger partial charge < -0.3 is 10.1 Å². The van der Waals surface area contributed by atoms with Crippen LogP contribution in [-0.4, -0.2) is 56.2 Å². The second kappa shape index (κ2) is 10.2. The molecule has 0 unspecified atom stereocenters. The van der Waals surface area contributed by atoms with Crippen LogP contribution in [-0.2, 0) is 4.74 Å². The average Bonchev–Trinajstić information content (AvgIpc) is 2.69. The lowest BCUT2D eigenvalue weighted by molar-refractivity contribution is 0.0394. The van der Waals surface area contributed by atoms with Crippen molar-refractivity contribution in [2.24, 2.45) is 4.99 Å². The van der Waals surface area contributed by atoms with Gasteiger partial charge in [-0.3, -0.25) is 20.0 Å². The largest absolute Gasteiger partial charge is 0.379 e. The number of benzene rings is 2. The fourth-order valence-corrected chi connectivity index (χ4v) is 3.10. The lowest BCUT2D eigenvalue weighted by Gasteiger charge is -2.25. The molecular formula is C21H25ClN4O2. The highest BCUT2D eigenvalue weighted by molar-refractivity contribution is 6.31. The molecule has 28 heavy (non-hydrogen) atoms. The molecule has 1 aliphatic rings. The molecule has 0 saturated carbocycles. The standard InChI is InChI=1S/C21H25ClN4O2/c1-16-4-2-5-17(14-16)20(27)25-21(24-19-7-3-6-18(22)15-19)23-8-9-26-10-12-28-13-11-26/h2-7,14-15H,8-13H2,1H3,(H2,23,24,25,27). The Balaban J connectivity index is 1.69. The summed E-state index contributed by atoms with van der Waals surface area (Å²) in [6.45, 7) is 6.65. The van der Waals surface area contributed by atoms with Gasteiger partial charge in [0, 0.05) is 35.9 Å². The van der Waals surface area contributed by atoms with Gasteiger partial charge in [0.25, 0.3) is 5.91 Å². The predicted octanol–water partition coefficient (Wildman–Crippen LogP) is 3.18. The molecule has 1 fully saturated rings. The van der Waals surface area contributed by atoms with Gasteiger partial charge in [0.15, 0.2) is 0 Å². The van der Waals surface area contributed by atoms with E-state index in [4.69, 9.17) is 16.3 Å². The van der Waals surface area contributed by atoms with Gasteiger partial charge in [-0.1, -0.05) is 35.4 Å². The molecule has 7 heteroatoms. The first-order valence-electron chi connectivity index (χ1n) is 9.35. The van der Waals surface area contributed by atoms with Crippen LogP contribution >= 0.6 is 11.6 Å². The van der Waals surface area contributed by atoms with E-state index in [1.807, 2.05) is 37.3 Å². The molecule has 2 aromatic carbocycles. The fraction of sp³-hybridized carbons (Fsp3) is 0.333. The van der Waals surface area contributed by atoms with Gasteiger partial charge in [0.05, 0.1) is 19.8 Å². The van der Waals surface area contributed by atoms with Crippen molar-refractivity contribution >= 4 is 29.2 Å². The molecule has 6 nitrogen and oxygen atoms in total. The van der Waals surface area contributed by atoms with E-state index >= 15 is 0 Å². The lowest BCUT2D eigenvalue weighted by Crippen LogP contribution is -2.39. The summed E-state index contributed by atoms with van der Waals surface area (Å²) in [6, 6.07) is 14.8. The van der Waals surface area contributed by atoms with Crippen molar-refractivity contribution in [3.63, 3.8) is 0 Å². The van der Waals surface area contributed by atoms with Crippen molar-refractivity contribution in [3.05, 3.63) is 64.7 Å². The molecule has 2 N–H and O–H groups in total. The van der Waals surface area contributed by atoms with E-state index in [-0.39, 0.29) is 5.91 Å². The molecule has 1 heterocycles. The molecule has 1 aliphatic heterocycles. The first kappa shape index (κ1) is 20.3. The van der Waals surface area contributed by atoms with Gasteiger partial charge >= 0.3 is 0 Å². The Labute approximate surface area is 170 Å². The molecular weight excluding hydrogens is 376 g/mol. The van der Waals surface area contributed by atoms with Crippen molar-refractivity contribution in [2.75, 3.05) is 44.7 Å². The van der Waals surface area contributed by atoms with Crippen LogP contribution in [0.2, 0.25) is 5.02 Å². The van der Waals surface area contributed by atoms with Gasteiger partial charge in [-0.15, -0.1) is 0 Å². The van der Waals surface area contributed by atoms with Crippen LogP contribution in [0, 0.1) is 6.92 Å². The number of hydrogen-bond acceptors (Lipinski definition) is 4. The Morgan fingerprint density at radius 1 is 1.18 bits per heavy atom. The van der Waals surface area contributed by atoms with E-state index in [0.29, 0.717) is 23.1 Å². The molecule has 0 spiro atoms. The van der Waals surface area contributed by atoms with E-state index in [1.165, 1.54) is 0 Å². The Kier molecular flexibility index (Phi) is 7.42. The average molecular weight is 401 g/mol. The van der Waals surface area contributed by atoms with Crippen molar-refractivity contribution < 1.29 is 9.53 Å². The van der Waals surface area contributed by atoms with E-state index in [9.17, 15) is 4.79 Å². The molecule has 1 saturated heterocycles. The number of rotatable bonds is 5. The Bertz CT molecular complexity index is 835. The summed E-state index contributed by atoms with van der Waals surface area (Å²) in [5.74, 6) is 0.199. The number of morpholine rings is 1. The second-order valence-electron chi connectivity index (χ2n) is 6.64. The highest BCUT2D eigenvalue weighted by atomic mass is 35.5. The van der Waals surface area contributed by atoms with E-state index in [1.54, 1.807) is 18.2 Å². The van der Waals surface area contributed by atoms with Crippen LogP contribution in [0.4, 0.5) is 5.69 Å². The number of halogens is 1. The lowest BCUT2D eigenvalue weighted by atomic mass is 10.1. The number of ether oxygens (including phenoxy) is 1. The summed E-state index contributed by atoms with van der Waals surface area (Å²) >= 11 is 6.07. The molecule has 1 amide bonds. The van der Waals surface area contributed by atoms with E-state index in [0.717, 1.165) is 44.1 Å². The quantitative estimate of drug-likeness (QED) is 0.597. The van der Waals surface area contributed by atoms with Crippen molar-refractivity contribution in [1.29, 1.82) is 0 Å². The van der Waals surface area contributed by atoms with Crippen LogP contribution in [0.25, 0.3) is 0 Å². The predicted molar refractivity (Wildman–Crippen MR) is 113 cm³/mol. The van der Waals surface area contributed by atoms with Crippen molar-refractivity contribution in [3.8, 4) is 0 Å². The summed E-state index contributed by atoms with van der Waals surface area (Å²) in [6.07, 6.45) is 0. The van der Waals surface area contributed by atoms with Crippen LogP contribution in [0.1, 0.15) is 15.9 Å². The molecule has 0 radical (unpaired) electrons. The smallest absolute Gasteiger partial charge is 0.257 e. The van der Waals surface area contributed by atoms with Gasteiger partial charge in [-0.2, -0.15) is 0 Å². The number of hydrogen-bond donors (Lipinski definition) is 2. The summed E-state index contributed by atoms with van der Waals surface area (Å²) in [4.78, 5) is 19.5. The number of nitrogens with one attached hydrogen (secondary N) is 2. The van der Waals surface area contributed by atoms with E-state index < -0.39 is 0 Å². The molecule has 0 aromatic heterocycles. The van der Waals surface area contributed by atoms with E-state index in [2.05, 4.69) is 20.5 Å². The first-order chi connectivity index (χ1) is 13.6. The fourth-order valence-electron chi connectivity index (χ4n) is 2.91. The van der Waals surface area contributed by atoms with Gasteiger partial charge in [-0.25, -0.2) is 0 Å². The van der Waals surface area contributed by atoms with Crippen LogP contribution in [0.5, 0.6) is 0 Å². The zero-order valence-corrected chi connectivity index (χ0v) is 16.7. The zero-order valence-electron chi connectivity index (χ0n) is 16.0. The van der Waals surface area contributed by atoms with Crippen molar-refractivity contribution in [2.45, 2.75) is 6.92 Å². The van der Waals surface area contributed by atoms with Gasteiger partial charge in [-0.05, 0) is 37.3 Å². The molecule has 0 aliphatic carbocycles. The Hall–Kier alpha value is -2.41. The minimum absolute atomic E-state index is 0.205. The van der Waals surface area contributed by atoms with Crippen LogP contribution in [0.15, 0.2) is 53.5 Å². The topological polar surface area (TPSA) is 66.0 Å². The normalized spacial score (nSPS) is 15.3. The Morgan fingerprint density at radius 2 is 1.96 bits per heavy atom. The summed E-state index contributed by atoms with van der Waals surface area (Å²) in [5.41, 5.74) is 2.39. The van der Waals surface area contributed by atoms with Crippen LogP contribution < -0.4 is 10.6 Å². The maximum absolute atomic E-state index is 12.6. The first-order valence-corrected chi connectivity index (χ1v) is 9.73. The summed E-state index contributed by atoms with van der Waals surface area (Å²) < 4.78 is 5.37. The SMILES string of the molecule is Cc1cccc(C(=O)NC(=NCCN2CCOCC2)Nc2cccc(Cl)c2)c1. The number of aryl methyl sites for hydroxylation is 1. The number of aliphatic imine (C=N–C) groups is 1. The Morgan fingerprint density at radius 3 is 2.71 bits per heavy atom. The number of carbonyl (C=O) groups is 1. The highest BCUT2D eigenvalue weighted by Crippen LogP contribution is 2.15. The third-order valence-electron chi connectivity index (χ3n) is 4.39. The maximum Gasteiger partial charge on any atom is 0.257 e. The third kappa shape index (κ3) is 6.34. The number of nitrogens with zero attached hydrogens (tertiary/aromatic N) is 2. The third-order valence-corrected chi connectivity index (χ3v) is 4.62. The van der Waals surface area contributed by atoms with Gasteiger partial charge in [0.2, 0.25) is 5.96 Å². The zero-order chi connectivity index (χ0) is 19.8. The maximum atomic E-state index is 12.6. The van der Waals surface area contributed by atoms with Gasteiger partial charge in [0.1, 0.15) is 0 Å². The monoisotopic (exact) mass is 400 g/mol. The molecule has 148 valence electrons. The molecule has 2 aromatic rings. The number of carbonyl (C=O) groups excluding carboxylic acids is 1. The minimum atomic E-state index is -0.205. The molecule has 0 bridgehead atoms.